The third-order valence-electron chi connectivity index (χ3n) is 6.14. The van der Waals surface area contributed by atoms with Crippen molar-refractivity contribution in [2.45, 2.75) is 99.3 Å². The van der Waals surface area contributed by atoms with Crippen LogP contribution in [-0.2, 0) is 19.3 Å². The molecule has 0 aliphatic heterocycles. The summed E-state index contributed by atoms with van der Waals surface area (Å²) in [6, 6.07) is 26.4. The first-order valence-corrected chi connectivity index (χ1v) is 13.0. The first-order chi connectivity index (χ1) is 15.7. The lowest BCUT2D eigenvalue weighted by atomic mass is 9.96. The second kappa shape index (κ2) is 15.5. The van der Waals surface area contributed by atoms with Gasteiger partial charge in [-0.1, -0.05) is 135 Å². The van der Waals surface area contributed by atoms with Crippen LogP contribution in [0.15, 0.2) is 72.8 Å². The quantitative estimate of drug-likeness (QED) is 0.355. The molecule has 3 aromatic rings. The zero-order chi connectivity index (χ0) is 24.8. The molecule has 0 atom stereocenters. The zero-order valence-corrected chi connectivity index (χ0v) is 22.8. The summed E-state index contributed by atoms with van der Waals surface area (Å²) in [6.45, 7) is 20.0. The van der Waals surface area contributed by atoms with Crippen molar-refractivity contribution in [3.63, 3.8) is 0 Å². The molecule has 0 radical (unpaired) electrons. The predicted molar refractivity (Wildman–Crippen MR) is 150 cm³/mol. The van der Waals surface area contributed by atoms with E-state index in [0.29, 0.717) is 17.8 Å². The number of hydrogen-bond donors (Lipinski definition) is 0. The monoisotopic (exact) mass is 444 g/mol. The van der Waals surface area contributed by atoms with E-state index in [-0.39, 0.29) is 0 Å². The lowest BCUT2D eigenvalue weighted by molar-refractivity contribution is 0.844. The highest BCUT2D eigenvalue weighted by atomic mass is 14.1. The average Bonchev–Trinajstić information content (AvgIpc) is 2.84. The van der Waals surface area contributed by atoms with Gasteiger partial charge in [-0.15, -0.1) is 0 Å². The van der Waals surface area contributed by atoms with E-state index < -0.39 is 0 Å². The smallest absolute Gasteiger partial charge is 0.0216 e. The van der Waals surface area contributed by atoms with Crippen molar-refractivity contribution < 1.29 is 0 Å². The third kappa shape index (κ3) is 10.4. The van der Waals surface area contributed by atoms with Gasteiger partial charge >= 0.3 is 0 Å². The Kier molecular flexibility index (Phi) is 13.5. The van der Waals surface area contributed by atoms with Crippen molar-refractivity contribution in [2.24, 2.45) is 0 Å². The van der Waals surface area contributed by atoms with Gasteiger partial charge in [-0.3, -0.25) is 0 Å². The Labute approximate surface area is 205 Å². The van der Waals surface area contributed by atoms with Crippen LogP contribution in [0.25, 0.3) is 0 Å². The molecule has 0 heterocycles. The Morgan fingerprint density at radius 1 is 0.485 bits per heavy atom. The molecular weight excluding hydrogens is 396 g/mol. The van der Waals surface area contributed by atoms with Crippen LogP contribution in [0.5, 0.6) is 0 Å². The summed E-state index contributed by atoms with van der Waals surface area (Å²) in [4.78, 5) is 0. The molecule has 0 aromatic heterocycles. The molecule has 180 valence electrons. The average molecular weight is 445 g/mol. The van der Waals surface area contributed by atoms with Gasteiger partial charge in [0, 0.05) is 0 Å². The normalized spacial score (nSPS) is 10.5. The second-order valence-electron chi connectivity index (χ2n) is 9.71. The minimum Gasteiger partial charge on any atom is -0.0620 e. The van der Waals surface area contributed by atoms with E-state index in [0.717, 1.165) is 19.3 Å². The summed E-state index contributed by atoms with van der Waals surface area (Å²) >= 11 is 0. The third-order valence-corrected chi connectivity index (χ3v) is 6.14. The van der Waals surface area contributed by atoms with Gasteiger partial charge in [-0.2, -0.15) is 0 Å². The van der Waals surface area contributed by atoms with Gasteiger partial charge in [0.05, 0.1) is 0 Å². The SMILES string of the molecule is CCc1ccc(C(C)C)cc1.CCc1cccc(C(C)C)c1.CCc1ccccc1C(C)C. The number of rotatable bonds is 6. The molecule has 0 aliphatic rings. The molecule has 0 saturated carbocycles. The number of aryl methyl sites for hydroxylation is 3. The lowest BCUT2D eigenvalue weighted by Crippen LogP contribution is -1.93. The highest BCUT2D eigenvalue weighted by Gasteiger charge is 2.02. The minimum atomic E-state index is 0.654. The summed E-state index contributed by atoms with van der Waals surface area (Å²) in [7, 11) is 0. The molecule has 3 aromatic carbocycles. The van der Waals surface area contributed by atoms with E-state index in [2.05, 4.69) is 135 Å². The van der Waals surface area contributed by atoms with Gasteiger partial charge in [-0.05, 0) is 70.4 Å². The Morgan fingerprint density at radius 3 is 1.52 bits per heavy atom. The van der Waals surface area contributed by atoms with Crippen molar-refractivity contribution in [3.05, 3.63) is 106 Å². The zero-order valence-electron chi connectivity index (χ0n) is 22.8. The highest BCUT2D eigenvalue weighted by Crippen LogP contribution is 2.19. The predicted octanol–water partition coefficient (Wildman–Crippen LogP) is 10.1. The summed E-state index contributed by atoms with van der Waals surface area (Å²) in [5.41, 5.74) is 8.73. The van der Waals surface area contributed by atoms with Crippen molar-refractivity contribution in [1.82, 2.24) is 0 Å². The van der Waals surface area contributed by atoms with Crippen LogP contribution < -0.4 is 0 Å². The molecule has 0 heteroatoms. The Bertz CT molecular complexity index is 897. The topological polar surface area (TPSA) is 0 Å². The van der Waals surface area contributed by atoms with Crippen molar-refractivity contribution >= 4 is 0 Å². The molecular formula is C33H48. The van der Waals surface area contributed by atoms with Gasteiger partial charge in [-0.25, -0.2) is 0 Å². The molecule has 0 saturated heterocycles. The van der Waals surface area contributed by atoms with Crippen molar-refractivity contribution in [3.8, 4) is 0 Å². The molecule has 0 N–H and O–H groups in total. The maximum Gasteiger partial charge on any atom is -0.0216 e. The van der Waals surface area contributed by atoms with Crippen LogP contribution >= 0.6 is 0 Å². The molecule has 0 aliphatic carbocycles. The maximum absolute atomic E-state index is 2.30. The Morgan fingerprint density at radius 2 is 1.06 bits per heavy atom. The summed E-state index contributed by atoms with van der Waals surface area (Å²) < 4.78 is 0. The first-order valence-electron chi connectivity index (χ1n) is 13.0. The fourth-order valence-corrected chi connectivity index (χ4v) is 3.73. The highest BCUT2D eigenvalue weighted by molar-refractivity contribution is 5.29. The van der Waals surface area contributed by atoms with E-state index in [4.69, 9.17) is 0 Å². The van der Waals surface area contributed by atoms with Crippen LogP contribution in [0.4, 0.5) is 0 Å². The van der Waals surface area contributed by atoms with E-state index in [1.165, 1.54) is 33.4 Å². The van der Waals surface area contributed by atoms with Crippen LogP contribution in [-0.4, -0.2) is 0 Å². The lowest BCUT2D eigenvalue weighted by Gasteiger charge is -2.09. The molecule has 0 bridgehead atoms. The first kappa shape index (κ1) is 28.7. The van der Waals surface area contributed by atoms with E-state index in [1.54, 1.807) is 0 Å². The van der Waals surface area contributed by atoms with Crippen LogP contribution in [0.2, 0.25) is 0 Å². The number of benzene rings is 3. The van der Waals surface area contributed by atoms with E-state index >= 15 is 0 Å². The summed E-state index contributed by atoms with van der Waals surface area (Å²) in [6.07, 6.45) is 3.42. The maximum atomic E-state index is 2.30. The number of hydrogen-bond acceptors (Lipinski definition) is 0. The summed E-state index contributed by atoms with van der Waals surface area (Å²) in [5.74, 6) is 1.97. The Hall–Kier alpha value is -2.34. The van der Waals surface area contributed by atoms with Gasteiger partial charge in [0.15, 0.2) is 0 Å². The van der Waals surface area contributed by atoms with Gasteiger partial charge in [0.2, 0.25) is 0 Å². The van der Waals surface area contributed by atoms with E-state index in [9.17, 15) is 0 Å². The van der Waals surface area contributed by atoms with Gasteiger partial charge < -0.3 is 0 Å². The molecule has 0 nitrogen and oxygen atoms in total. The second-order valence-corrected chi connectivity index (χ2v) is 9.71. The fraction of sp³-hybridized carbons (Fsp3) is 0.455. The van der Waals surface area contributed by atoms with E-state index in [1.807, 2.05) is 0 Å². The largest absolute Gasteiger partial charge is 0.0620 e. The molecule has 0 unspecified atom stereocenters. The Balaban J connectivity index is 0.000000247. The van der Waals surface area contributed by atoms with Gasteiger partial charge in [0.25, 0.3) is 0 Å². The fourth-order valence-electron chi connectivity index (χ4n) is 3.73. The van der Waals surface area contributed by atoms with Crippen LogP contribution in [0.3, 0.4) is 0 Å². The summed E-state index contributed by atoms with van der Waals surface area (Å²) in [5, 5.41) is 0. The molecule has 0 spiro atoms. The standard InChI is InChI=1S/3C11H16/c1-4-10-5-7-11(8-6-10)9(2)3;1-4-10-6-5-7-11(8-10)9(2)3;1-4-10-7-5-6-8-11(10)9(2)3/h3*5-9H,4H2,1-3H3. The van der Waals surface area contributed by atoms with Crippen LogP contribution in [0.1, 0.15) is 113 Å². The van der Waals surface area contributed by atoms with Crippen LogP contribution in [0, 0.1) is 0 Å². The molecule has 0 amide bonds. The molecule has 3 rings (SSSR count). The minimum absolute atomic E-state index is 0.654. The molecule has 33 heavy (non-hydrogen) atoms. The van der Waals surface area contributed by atoms with Crippen molar-refractivity contribution in [2.75, 3.05) is 0 Å². The van der Waals surface area contributed by atoms with Gasteiger partial charge in [0.1, 0.15) is 0 Å². The van der Waals surface area contributed by atoms with Crippen molar-refractivity contribution in [1.29, 1.82) is 0 Å². The molecule has 0 fully saturated rings.